The van der Waals surface area contributed by atoms with Gasteiger partial charge in [0.25, 0.3) is 11.8 Å². The average Bonchev–Trinajstić information content (AvgIpc) is 0.879. The van der Waals surface area contributed by atoms with Crippen molar-refractivity contribution in [2.24, 2.45) is 0 Å². The lowest BCUT2D eigenvalue weighted by molar-refractivity contribution is -0.400. The summed E-state index contributed by atoms with van der Waals surface area (Å²) in [5, 5.41) is 91.8. The Morgan fingerprint density at radius 3 is 0.560 bits per heavy atom. The van der Waals surface area contributed by atoms with E-state index < -0.39 is 215 Å². The molecule has 804 valence electrons. The number of rotatable bonds is 21. The summed E-state index contributed by atoms with van der Waals surface area (Å²) in [5.74, 6) is -0.476. The zero-order chi connectivity index (χ0) is 101. The molecule has 27 heterocycles. The SMILES string of the molecule is COC[C@H]1O[C@@H]2O[C@H]3[C@H](O)[C@@H](OC)[C@@H](O[C@H]4[C@H](O)[C@@H](OC)[C@@H](O[C@H]5[C@H](O)[C@@H](OC)[C@@H](O[C@H]6[C@H](O)[C@@H](OC)[C@@H](O[C@H]7[C@H](O)[C@@H](OC)[C@@H](O[C@H]8[C@H](O)[C@@H](OC)[C@@H](O[C@H]1[C@H](O)[C@H]2OC)O[C@@H]8COC)O[C@@H]7COC)O[C@@H]6COC)O[C@@H]5COC)O[C@@H]4COC)O[C@@H]3COC.O=C1NCCOCCOCCOCCOCc2ccc(cc2)-c2ccc(cc2)COCCOCCOCCOCCNC(=O)c2ccc1cc2. The molecule has 2 amide bonds. The standard InChI is InChI=1S/C56H98O35.C38H50N2O10/c1-64-15-22-36-29(57)43(71-8)50(78-22)86-37-23(16-65-2)80-52(45(73-10)30(37)58)88-39-25(18-67-4)82-54(47(75-12)32(39)60)90-41-27(20-69-6)84-56(49(77-14)34(41)62)91-42-28(21-70-7)83-55(48(76-13)35(42)63)89-40-26(19-68-5)81-53(46(74-11)33(40)61)87-38-24(17-66-3)79-51(85-36)44(72-9)31(38)59;41-37-35-9-11-36(12-10-35)38(42)40-14-16-44-18-20-46-22-24-48-26-28-50-30-32-3-7-34(8-4-32)33-5-1-31(2-6-33)29-49-27-25-47-23-21-45-19-17-43-15-13-39-37/h22-63H,15-21H2,1-14H3;1-12H,13-30H2,(H,39,41)(H,40,42)/t22-,23-,24-,25-,26-,27-,28-,29+,30+,31+,32+,33+,34+,35+,36-,37-,38-,39-,40-,41-,42-,43-,44-,45-,46-,47-,48-,49-,50-,51-,52-,53-,54-,55-,56-;/m1./s1. The molecule has 20 bridgehead atoms. The number of hydrogen-bond acceptors (Lipinski definition) is 45. The molecule has 47 heteroatoms. The number of nitrogens with one attached hydrogen (secondary N) is 2. The van der Waals surface area contributed by atoms with Crippen molar-refractivity contribution in [3.8, 4) is 11.1 Å². The van der Waals surface area contributed by atoms with Crippen LogP contribution in [0.1, 0.15) is 31.8 Å². The second kappa shape index (κ2) is 61.1. The number of carbonyl (C=O) groups is 2. The van der Waals surface area contributed by atoms with Crippen LogP contribution in [0.15, 0.2) is 72.8 Å². The summed E-state index contributed by atoms with van der Waals surface area (Å²) in [6, 6.07) is 23.2. The fourth-order valence-electron chi connectivity index (χ4n) is 17.9. The second-order valence-electron chi connectivity index (χ2n) is 34.3. The lowest BCUT2D eigenvalue weighted by Gasteiger charge is -2.51. The Kier molecular flexibility index (Phi) is 50.4. The first-order valence-electron chi connectivity index (χ1n) is 47.1. The van der Waals surface area contributed by atoms with Crippen molar-refractivity contribution in [3.05, 3.63) is 95.1 Å². The number of amides is 2. The molecule has 0 saturated carbocycles. The quantitative estimate of drug-likeness (QED) is 0.0536. The summed E-state index contributed by atoms with van der Waals surface area (Å²) in [5.41, 5.74) is 5.41. The van der Waals surface area contributed by atoms with Crippen LogP contribution < -0.4 is 10.6 Å². The molecule has 3 aromatic carbocycles. The van der Waals surface area contributed by atoms with Gasteiger partial charge in [-0.3, -0.25) is 9.59 Å². The van der Waals surface area contributed by atoms with Crippen molar-refractivity contribution in [1.29, 1.82) is 0 Å². The number of benzene rings is 3. The number of methoxy groups -OCH3 is 14. The predicted octanol–water partition coefficient (Wildman–Crippen LogP) is -2.41. The fourth-order valence-corrected chi connectivity index (χ4v) is 17.9. The first kappa shape index (κ1) is 116. The number of carbonyl (C=O) groups excluding carboxylic acids is 2. The Balaban J connectivity index is 0.000000320. The normalized spacial score (nSPS) is 38.1. The zero-order valence-electron chi connectivity index (χ0n) is 82.5. The molecular formula is C94H148N2O45. The Bertz CT molecular complexity index is 3420. The summed E-state index contributed by atoms with van der Waals surface area (Å²) < 4.78 is 216. The summed E-state index contributed by atoms with van der Waals surface area (Å²) in [6.07, 6.45) is -49.4. The number of aliphatic hydroxyl groups excluding tert-OH is 7. The maximum absolute atomic E-state index is 12.4. The maximum atomic E-state index is 12.4. The van der Waals surface area contributed by atoms with Gasteiger partial charge >= 0.3 is 0 Å². The van der Waals surface area contributed by atoms with E-state index in [0.717, 1.165) is 22.3 Å². The summed E-state index contributed by atoms with van der Waals surface area (Å²) >= 11 is 0. The monoisotopic (exact) mass is 2020 g/mol. The Morgan fingerprint density at radius 2 is 0.390 bits per heavy atom. The Morgan fingerprint density at radius 1 is 0.227 bits per heavy atom. The van der Waals surface area contributed by atoms with Gasteiger partial charge in [0.15, 0.2) is 44.0 Å². The van der Waals surface area contributed by atoms with Gasteiger partial charge in [0, 0.05) is 124 Å². The van der Waals surface area contributed by atoms with E-state index in [0.29, 0.717) is 130 Å². The molecule has 141 heavy (non-hydrogen) atoms. The molecule has 0 unspecified atom stereocenters. The van der Waals surface area contributed by atoms with Crippen LogP contribution in [0.4, 0.5) is 0 Å². The summed E-state index contributed by atoms with van der Waals surface area (Å²) in [6.45, 7) is 6.40. The topological polar surface area (TPSA) is 532 Å². The fraction of sp³-hybridized carbons (Fsp3) is 0.787. The third kappa shape index (κ3) is 31.8. The molecule has 35 atom stereocenters. The van der Waals surface area contributed by atoms with Gasteiger partial charge in [0.05, 0.1) is 152 Å². The van der Waals surface area contributed by atoms with Gasteiger partial charge < -0.3 is 217 Å². The predicted molar refractivity (Wildman–Crippen MR) is 483 cm³/mol. The molecule has 27 aliphatic heterocycles. The minimum absolute atomic E-state index is 0.227. The molecule has 21 saturated heterocycles. The highest BCUT2D eigenvalue weighted by Gasteiger charge is 2.61. The van der Waals surface area contributed by atoms with Crippen LogP contribution in [0.2, 0.25) is 0 Å². The van der Waals surface area contributed by atoms with Gasteiger partial charge in [-0.25, -0.2) is 0 Å². The second-order valence-corrected chi connectivity index (χ2v) is 34.3. The van der Waals surface area contributed by atoms with Crippen LogP contribution in [0.3, 0.4) is 0 Å². The van der Waals surface area contributed by atoms with Gasteiger partial charge in [0.1, 0.15) is 171 Å². The zero-order valence-corrected chi connectivity index (χ0v) is 82.5. The first-order valence-corrected chi connectivity index (χ1v) is 47.1. The van der Waals surface area contributed by atoms with Gasteiger partial charge in [-0.15, -0.1) is 0 Å². The van der Waals surface area contributed by atoms with Gasteiger partial charge in [-0.1, -0.05) is 48.5 Å². The number of aliphatic hydroxyl groups is 7. The van der Waals surface area contributed by atoms with Crippen LogP contribution in [-0.2, 0) is 184 Å². The molecular weight excluding hydrogens is 1880 g/mol. The molecule has 0 aliphatic carbocycles. The lowest BCUT2D eigenvalue weighted by atomic mass is 9.95. The first-order chi connectivity index (χ1) is 68.6. The van der Waals surface area contributed by atoms with E-state index in [1.54, 1.807) is 24.3 Å². The van der Waals surface area contributed by atoms with Crippen molar-refractivity contribution < 1.29 is 216 Å². The van der Waals surface area contributed by atoms with Crippen molar-refractivity contribution in [2.75, 3.05) is 251 Å². The summed E-state index contributed by atoms with van der Waals surface area (Å²) in [4.78, 5) is 24.8. The van der Waals surface area contributed by atoms with E-state index in [1.165, 1.54) is 99.5 Å². The molecule has 9 N–H and O–H groups in total. The van der Waals surface area contributed by atoms with Gasteiger partial charge in [-0.2, -0.15) is 0 Å². The van der Waals surface area contributed by atoms with E-state index >= 15 is 0 Å². The molecule has 21 fully saturated rings. The molecule has 27 aliphatic rings. The van der Waals surface area contributed by atoms with Crippen molar-refractivity contribution in [2.45, 2.75) is 228 Å². The molecule has 0 radical (unpaired) electrons. The minimum atomic E-state index is -1.62. The Hall–Kier alpha value is -5.12. The highest BCUT2D eigenvalue weighted by Crippen LogP contribution is 2.42. The molecule has 0 spiro atoms. The highest BCUT2D eigenvalue weighted by molar-refractivity contribution is 5.97. The van der Waals surface area contributed by atoms with E-state index in [-0.39, 0.29) is 58.1 Å². The Labute approximate surface area is 820 Å². The van der Waals surface area contributed by atoms with Crippen molar-refractivity contribution in [1.82, 2.24) is 10.6 Å². The van der Waals surface area contributed by atoms with E-state index in [2.05, 4.69) is 59.2 Å². The minimum Gasteiger partial charge on any atom is -0.387 e. The van der Waals surface area contributed by atoms with Gasteiger partial charge in [-0.05, 0) is 46.5 Å². The molecule has 0 aromatic heterocycles. The average molecular weight is 2030 g/mol. The van der Waals surface area contributed by atoms with Crippen LogP contribution >= 0.6 is 0 Å². The summed E-state index contributed by atoms with van der Waals surface area (Å²) in [7, 11) is 18.7. The third-order valence-corrected chi connectivity index (χ3v) is 25.1. The third-order valence-electron chi connectivity index (χ3n) is 25.1. The molecule has 3 aromatic rings. The number of ether oxygens (including phenoxy) is 36. The lowest BCUT2D eigenvalue weighted by Crippen LogP contribution is -2.69. The molecule has 30 rings (SSSR count). The van der Waals surface area contributed by atoms with Crippen molar-refractivity contribution in [3.63, 3.8) is 0 Å². The largest absolute Gasteiger partial charge is 0.387 e. The van der Waals surface area contributed by atoms with Crippen molar-refractivity contribution >= 4 is 11.8 Å². The molecule has 47 nitrogen and oxygen atoms in total. The smallest absolute Gasteiger partial charge is 0.251 e. The van der Waals surface area contributed by atoms with Crippen LogP contribution in [0.5, 0.6) is 0 Å². The van der Waals surface area contributed by atoms with E-state index in [4.69, 9.17) is 171 Å². The van der Waals surface area contributed by atoms with E-state index in [9.17, 15) is 45.3 Å². The highest BCUT2D eigenvalue weighted by atomic mass is 16.8. The van der Waals surface area contributed by atoms with E-state index in [1.807, 2.05) is 0 Å². The van der Waals surface area contributed by atoms with Crippen LogP contribution in [-0.4, -0.2) is 514 Å². The van der Waals surface area contributed by atoms with Crippen LogP contribution in [0.25, 0.3) is 11.1 Å². The number of hydrogen-bond donors (Lipinski definition) is 9. The maximum Gasteiger partial charge on any atom is 0.251 e. The van der Waals surface area contributed by atoms with Crippen LogP contribution in [0, 0.1) is 0 Å². The van der Waals surface area contributed by atoms with Gasteiger partial charge in [0.2, 0.25) is 0 Å².